The molecule has 174 valence electrons. The molecule has 3 rings (SSSR count). The molecule has 1 amide bonds. The minimum absolute atomic E-state index is 0.102. The smallest absolute Gasteiger partial charge is 0.240 e. The molecule has 1 aliphatic rings. The molecule has 0 spiro atoms. The van der Waals surface area contributed by atoms with Gasteiger partial charge in [0.1, 0.15) is 5.75 Å². The first-order valence-corrected chi connectivity index (χ1v) is 12.0. The summed E-state index contributed by atoms with van der Waals surface area (Å²) in [5, 5.41) is 12.6. The SMILES string of the molecule is COc1ccc(S(=O)(=O)N[C@H]2CC[C@H](CC(=O)NCCc3ccncc3)O[C@@H]2CO)cc1. The minimum Gasteiger partial charge on any atom is -0.497 e. The second kappa shape index (κ2) is 11.4. The van der Waals surface area contributed by atoms with Gasteiger partial charge in [0.05, 0.1) is 43.3 Å². The third-order valence-electron chi connectivity index (χ3n) is 5.37. The van der Waals surface area contributed by atoms with Crippen LogP contribution in [-0.4, -0.2) is 62.9 Å². The Balaban J connectivity index is 1.48. The zero-order chi connectivity index (χ0) is 23.0. The number of aliphatic hydroxyl groups is 1. The van der Waals surface area contributed by atoms with Gasteiger partial charge in [-0.3, -0.25) is 9.78 Å². The summed E-state index contributed by atoms with van der Waals surface area (Å²) in [6, 6.07) is 9.26. The van der Waals surface area contributed by atoms with Crippen LogP contribution in [0.4, 0.5) is 0 Å². The second-order valence-corrected chi connectivity index (χ2v) is 9.33. The van der Waals surface area contributed by atoms with Crippen LogP contribution in [-0.2, 0) is 26.0 Å². The lowest BCUT2D eigenvalue weighted by molar-refractivity contribution is -0.130. The quantitative estimate of drug-likeness (QED) is 0.480. The van der Waals surface area contributed by atoms with Gasteiger partial charge >= 0.3 is 0 Å². The lowest BCUT2D eigenvalue weighted by atomic mass is 9.98. The van der Waals surface area contributed by atoms with Crippen molar-refractivity contribution in [3.63, 3.8) is 0 Å². The lowest BCUT2D eigenvalue weighted by Crippen LogP contribution is -2.51. The predicted molar refractivity (Wildman–Crippen MR) is 118 cm³/mol. The Morgan fingerprint density at radius 3 is 2.56 bits per heavy atom. The highest BCUT2D eigenvalue weighted by molar-refractivity contribution is 7.89. The maximum Gasteiger partial charge on any atom is 0.240 e. The number of rotatable bonds is 10. The van der Waals surface area contributed by atoms with E-state index in [1.54, 1.807) is 24.5 Å². The molecule has 1 aromatic heterocycles. The topological polar surface area (TPSA) is 127 Å². The van der Waals surface area contributed by atoms with Gasteiger partial charge in [0.15, 0.2) is 0 Å². The number of amides is 1. The Morgan fingerprint density at radius 1 is 1.19 bits per heavy atom. The van der Waals surface area contributed by atoms with E-state index in [4.69, 9.17) is 9.47 Å². The summed E-state index contributed by atoms with van der Waals surface area (Å²) in [6.45, 7) is 0.152. The first-order valence-electron chi connectivity index (χ1n) is 10.5. The number of sulfonamides is 1. The van der Waals surface area contributed by atoms with Gasteiger partial charge in [-0.1, -0.05) is 0 Å². The number of carbonyl (C=O) groups excluding carboxylic acids is 1. The second-order valence-electron chi connectivity index (χ2n) is 7.62. The number of pyridine rings is 1. The highest BCUT2D eigenvalue weighted by Gasteiger charge is 2.34. The van der Waals surface area contributed by atoms with Crippen molar-refractivity contribution in [2.75, 3.05) is 20.3 Å². The van der Waals surface area contributed by atoms with Crippen LogP contribution in [0.3, 0.4) is 0 Å². The number of hydrogen-bond acceptors (Lipinski definition) is 7. The number of carbonyl (C=O) groups is 1. The number of nitrogens with zero attached hydrogens (tertiary/aromatic N) is 1. The van der Waals surface area contributed by atoms with Crippen molar-refractivity contribution in [2.45, 2.75) is 48.8 Å². The Morgan fingerprint density at radius 2 is 1.91 bits per heavy atom. The summed E-state index contributed by atoms with van der Waals surface area (Å²) in [5.74, 6) is 0.415. The number of aromatic nitrogens is 1. The van der Waals surface area contributed by atoms with Crippen molar-refractivity contribution in [2.24, 2.45) is 0 Å². The molecular weight excluding hydrogens is 434 g/mol. The number of nitrogens with one attached hydrogen (secondary N) is 2. The maximum absolute atomic E-state index is 12.7. The van der Waals surface area contributed by atoms with Gasteiger partial charge in [-0.25, -0.2) is 13.1 Å². The number of hydrogen-bond donors (Lipinski definition) is 3. The van der Waals surface area contributed by atoms with Crippen LogP contribution in [0.5, 0.6) is 5.75 Å². The van der Waals surface area contributed by atoms with Crippen molar-refractivity contribution in [1.82, 2.24) is 15.0 Å². The monoisotopic (exact) mass is 463 g/mol. The van der Waals surface area contributed by atoms with Crippen molar-refractivity contribution < 1.29 is 27.8 Å². The normalized spacial score (nSPS) is 21.1. The van der Waals surface area contributed by atoms with Crippen molar-refractivity contribution in [3.05, 3.63) is 54.4 Å². The number of ether oxygens (including phenoxy) is 2. The molecule has 3 N–H and O–H groups in total. The zero-order valence-corrected chi connectivity index (χ0v) is 18.8. The Hall–Kier alpha value is -2.53. The molecule has 3 atom stereocenters. The maximum atomic E-state index is 12.7. The highest BCUT2D eigenvalue weighted by atomic mass is 32.2. The fourth-order valence-corrected chi connectivity index (χ4v) is 4.91. The molecule has 1 saturated heterocycles. The minimum atomic E-state index is -3.79. The van der Waals surface area contributed by atoms with Crippen LogP contribution in [0.25, 0.3) is 0 Å². The van der Waals surface area contributed by atoms with E-state index in [0.717, 1.165) is 5.56 Å². The summed E-state index contributed by atoms with van der Waals surface area (Å²) in [4.78, 5) is 16.3. The van der Waals surface area contributed by atoms with Gasteiger partial charge in [0.25, 0.3) is 0 Å². The van der Waals surface area contributed by atoms with Crippen LogP contribution < -0.4 is 14.8 Å². The molecule has 0 aliphatic carbocycles. The predicted octanol–water partition coefficient (Wildman–Crippen LogP) is 1.03. The number of methoxy groups -OCH3 is 1. The average Bonchev–Trinajstić information content (AvgIpc) is 2.80. The third-order valence-corrected chi connectivity index (χ3v) is 6.88. The summed E-state index contributed by atoms with van der Waals surface area (Å²) in [7, 11) is -2.28. The first kappa shape index (κ1) is 24.1. The molecular formula is C22H29N3O6S. The molecule has 10 heteroatoms. The van der Waals surface area contributed by atoms with Gasteiger partial charge < -0.3 is 19.9 Å². The molecule has 2 heterocycles. The van der Waals surface area contributed by atoms with Crippen molar-refractivity contribution >= 4 is 15.9 Å². The Labute approximate surface area is 188 Å². The third kappa shape index (κ3) is 6.73. The molecule has 1 aliphatic heterocycles. The molecule has 0 unspecified atom stereocenters. The zero-order valence-electron chi connectivity index (χ0n) is 17.9. The van der Waals surface area contributed by atoms with E-state index in [-0.39, 0.29) is 29.9 Å². The molecule has 0 radical (unpaired) electrons. The van der Waals surface area contributed by atoms with Crippen molar-refractivity contribution in [1.29, 1.82) is 0 Å². The van der Waals surface area contributed by atoms with Gasteiger partial charge in [0, 0.05) is 18.9 Å². The molecule has 9 nitrogen and oxygen atoms in total. The molecule has 0 saturated carbocycles. The average molecular weight is 464 g/mol. The van der Waals surface area contributed by atoms with Crippen LogP contribution in [0, 0.1) is 0 Å². The fourth-order valence-electron chi connectivity index (χ4n) is 3.61. The molecule has 1 aromatic carbocycles. The van der Waals surface area contributed by atoms with E-state index in [1.807, 2.05) is 12.1 Å². The number of benzene rings is 1. The van der Waals surface area contributed by atoms with Crippen LogP contribution in [0.15, 0.2) is 53.7 Å². The first-order chi connectivity index (χ1) is 15.4. The summed E-state index contributed by atoms with van der Waals surface area (Å²) in [5.41, 5.74) is 1.08. The highest BCUT2D eigenvalue weighted by Crippen LogP contribution is 2.24. The van der Waals surface area contributed by atoms with Crippen LogP contribution >= 0.6 is 0 Å². The van der Waals surface area contributed by atoms with E-state index in [9.17, 15) is 18.3 Å². The Kier molecular flexibility index (Phi) is 8.57. The lowest BCUT2D eigenvalue weighted by Gasteiger charge is -2.35. The summed E-state index contributed by atoms with van der Waals surface area (Å²) < 4.78 is 38.9. The van der Waals surface area contributed by atoms with Crippen LogP contribution in [0.2, 0.25) is 0 Å². The number of aliphatic hydroxyl groups excluding tert-OH is 1. The van der Waals surface area contributed by atoms with Gasteiger partial charge in [-0.05, 0) is 61.2 Å². The van der Waals surface area contributed by atoms with Gasteiger partial charge in [0.2, 0.25) is 15.9 Å². The summed E-state index contributed by atoms with van der Waals surface area (Å²) in [6.07, 6.45) is 4.13. The van der Waals surface area contributed by atoms with E-state index in [1.165, 1.54) is 19.2 Å². The van der Waals surface area contributed by atoms with E-state index < -0.39 is 22.2 Å². The van der Waals surface area contributed by atoms with E-state index in [2.05, 4.69) is 15.0 Å². The molecule has 32 heavy (non-hydrogen) atoms. The standard InChI is InChI=1S/C22H29N3O6S/c1-30-17-2-5-19(6-3-17)32(28,29)25-20-7-4-18(31-21(20)15-26)14-22(27)24-13-10-16-8-11-23-12-9-16/h2-3,5-6,8-9,11-12,18,20-21,25-26H,4,7,10,13-15H2,1H3,(H,24,27)/t18-,20+,21-/m1/s1. The fraction of sp³-hybridized carbons (Fsp3) is 0.455. The van der Waals surface area contributed by atoms with E-state index >= 15 is 0 Å². The molecule has 1 fully saturated rings. The van der Waals surface area contributed by atoms with Crippen LogP contribution in [0.1, 0.15) is 24.8 Å². The molecule has 0 bridgehead atoms. The largest absolute Gasteiger partial charge is 0.497 e. The van der Waals surface area contributed by atoms with Crippen molar-refractivity contribution in [3.8, 4) is 5.75 Å². The van der Waals surface area contributed by atoms with Gasteiger partial charge in [-0.15, -0.1) is 0 Å². The Bertz CT molecular complexity index is 969. The van der Waals surface area contributed by atoms with Gasteiger partial charge in [-0.2, -0.15) is 0 Å². The molecule has 2 aromatic rings. The summed E-state index contributed by atoms with van der Waals surface area (Å²) >= 11 is 0. The van der Waals surface area contributed by atoms with E-state index in [0.29, 0.717) is 31.6 Å².